The Balaban J connectivity index is 1.73. The summed E-state index contributed by atoms with van der Waals surface area (Å²) in [5, 5.41) is 3.25. The van der Waals surface area contributed by atoms with Crippen LogP contribution in [0, 0.1) is 5.92 Å². The van der Waals surface area contributed by atoms with Crippen molar-refractivity contribution < 1.29 is 4.42 Å². The molecule has 3 nitrogen and oxygen atoms in total. The van der Waals surface area contributed by atoms with Gasteiger partial charge in [-0.1, -0.05) is 6.92 Å². The molecule has 0 amide bonds. The van der Waals surface area contributed by atoms with Crippen molar-refractivity contribution in [2.75, 3.05) is 26.7 Å². The molecule has 0 atom stereocenters. The molecule has 3 heteroatoms. The van der Waals surface area contributed by atoms with Gasteiger partial charge in [0.15, 0.2) is 0 Å². The fourth-order valence-corrected chi connectivity index (χ4v) is 2.70. The highest BCUT2D eigenvalue weighted by molar-refractivity contribution is 5.07. The number of nitrogens with zero attached hydrogens (tertiary/aromatic N) is 1. The van der Waals surface area contributed by atoms with Crippen molar-refractivity contribution in [1.82, 2.24) is 10.2 Å². The molecule has 0 spiro atoms. The summed E-state index contributed by atoms with van der Waals surface area (Å²) in [6.07, 6.45) is 4.99. The van der Waals surface area contributed by atoms with Crippen molar-refractivity contribution in [3.8, 4) is 0 Å². The molecule has 1 aliphatic heterocycles. The summed E-state index contributed by atoms with van der Waals surface area (Å²) in [5.41, 5.74) is 0. The van der Waals surface area contributed by atoms with Crippen molar-refractivity contribution in [2.24, 2.45) is 5.92 Å². The van der Waals surface area contributed by atoms with Crippen molar-refractivity contribution in [3.05, 3.63) is 23.7 Å². The standard InChI is InChI=1S/C15H26N2O/c1-3-14-4-5-15(18-14)12-17-10-7-13(8-11-17)6-9-16-2/h4-5,13,16H,3,6-12H2,1-2H3. The van der Waals surface area contributed by atoms with E-state index in [1.54, 1.807) is 0 Å². The average molecular weight is 250 g/mol. The fraction of sp³-hybridized carbons (Fsp3) is 0.733. The summed E-state index contributed by atoms with van der Waals surface area (Å²) in [6.45, 7) is 6.71. The molecule has 0 aromatic carbocycles. The number of likely N-dealkylation sites (tertiary alicyclic amines) is 1. The second-order valence-electron chi connectivity index (χ2n) is 5.33. The first-order chi connectivity index (χ1) is 8.81. The van der Waals surface area contributed by atoms with Crippen LogP contribution in [-0.4, -0.2) is 31.6 Å². The van der Waals surface area contributed by atoms with Gasteiger partial charge in [0, 0.05) is 6.42 Å². The summed E-state index contributed by atoms with van der Waals surface area (Å²) < 4.78 is 5.78. The van der Waals surface area contributed by atoms with Gasteiger partial charge >= 0.3 is 0 Å². The third-order valence-electron chi connectivity index (χ3n) is 3.95. The predicted molar refractivity (Wildman–Crippen MR) is 74.6 cm³/mol. The Bertz CT molecular complexity index is 340. The third kappa shape index (κ3) is 3.85. The molecule has 2 rings (SSSR count). The molecule has 102 valence electrons. The van der Waals surface area contributed by atoms with Gasteiger partial charge in [-0.3, -0.25) is 4.90 Å². The summed E-state index contributed by atoms with van der Waals surface area (Å²) >= 11 is 0. The lowest BCUT2D eigenvalue weighted by Gasteiger charge is -2.31. The number of hydrogen-bond acceptors (Lipinski definition) is 3. The molecule has 1 fully saturated rings. The van der Waals surface area contributed by atoms with E-state index < -0.39 is 0 Å². The molecule has 0 saturated carbocycles. The highest BCUT2D eigenvalue weighted by atomic mass is 16.3. The van der Waals surface area contributed by atoms with Crippen LogP contribution in [-0.2, 0) is 13.0 Å². The Morgan fingerprint density at radius 2 is 2.00 bits per heavy atom. The van der Waals surface area contributed by atoms with Gasteiger partial charge in [-0.25, -0.2) is 0 Å². The topological polar surface area (TPSA) is 28.4 Å². The monoisotopic (exact) mass is 250 g/mol. The van der Waals surface area contributed by atoms with E-state index in [-0.39, 0.29) is 0 Å². The first-order valence-corrected chi connectivity index (χ1v) is 7.26. The van der Waals surface area contributed by atoms with Crippen LogP contribution in [0.1, 0.15) is 37.7 Å². The Morgan fingerprint density at radius 3 is 2.61 bits per heavy atom. The molecule has 1 N–H and O–H groups in total. The molecule has 0 radical (unpaired) electrons. The number of furan rings is 1. The Kier molecular flexibility index (Phi) is 5.26. The Labute approximate surface area is 111 Å². The molecule has 1 aromatic rings. The molecule has 0 aliphatic carbocycles. The van der Waals surface area contributed by atoms with Crippen molar-refractivity contribution >= 4 is 0 Å². The van der Waals surface area contributed by atoms with E-state index in [1.165, 1.54) is 32.4 Å². The van der Waals surface area contributed by atoms with Crippen LogP contribution in [0.25, 0.3) is 0 Å². The van der Waals surface area contributed by atoms with E-state index in [0.717, 1.165) is 36.9 Å². The van der Waals surface area contributed by atoms with Gasteiger partial charge in [-0.2, -0.15) is 0 Å². The Morgan fingerprint density at radius 1 is 1.28 bits per heavy atom. The lowest BCUT2D eigenvalue weighted by atomic mass is 9.93. The molecule has 0 unspecified atom stereocenters. The number of rotatable bonds is 6. The van der Waals surface area contributed by atoms with Crippen LogP contribution in [0.3, 0.4) is 0 Å². The van der Waals surface area contributed by atoms with E-state index in [2.05, 4.69) is 29.3 Å². The highest BCUT2D eigenvalue weighted by Crippen LogP contribution is 2.22. The highest BCUT2D eigenvalue weighted by Gasteiger charge is 2.19. The van der Waals surface area contributed by atoms with Gasteiger partial charge in [0.25, 0.3) is 0 Å². The lowest BCUT2D eigenvalue weighted by molar-refractivity contribution is 0.161. The zero-order valence-corrected chi connectivity index (χ0v) is 11.7. The quantitative estimate of drug-likeness (QED) is 0.841. The first-order valence-electron chi connectivity index (χ1n) is 7.26. The zero-order chi connectivity index (χ0) is 12.8. The number of aryl methyl sites for hydroxylation is 1. The normalized spacial score (nSPS) is 18.3. The summed E-state index contributed by atoms with van der Waals surface area (Å²) in [7, 11) is 2.04. The van der Waals surface area contributed by atoms with Gasteiger partial charge in [0.05, 0.1) is 6.54 Å². The lowest BCUT2D eigenvalue weighted by Crippen LogP contribution is -2.33. The van der Waals surface area contributed by atoms with Crippen molar-refractivity contribution in [2.45, 2.75) is 39.2 Å². The Hall–Kier alpha value is -0.800. The zero-order valence-electron chi connectivity index (χ0n) is 11.7. The van der Waals surface area contributed by atoms with Gasteiger partial charge in [0.2, 0.25) is 0 Å². The van der Waals surface area contributed by atoms with Crippen LogP contribution in [0.5, 0.6) is 0 Å². The van der Waals surface area contributed by atoms with Crippen LogP contribution in [0.2, 0.25) is 0 Å². The summed E-state index contributed by atoms with van der Waals surface area (Å²) in [6, 6.07) is 4.24. The predicted octanol–water partition coefficient (Wildman–Crippen LogP) is 2.66. The number of piperidine rings is 1. The van der Waals surface area contributed by atoms with Crippen LogP contribution >= 0.6 is 0 Å². The maximum absolute atomic E-state index is 5.78. The average Bonchev–Trinajstić information content (AvgIpc) is 2.86. The molecular weight excluding hydrogens is 224 g/mol. The van der Waals surface area contributed by atoms with E-state index in [9.17, 15) is 0 Å². The maximum Gasteiger partial charge on any atom is 0.118 e. The van der Waals surface area contributed by atoms with Crippen LogP contribution in [0.4, 0.5) is 0 Å². The van der Waals surface area contributed by atoms with Gasteiger partial charge in [-0.15, -0.1) is 0 Å². The second kappa shape index (κ2) is 6.95. The van der Waals surface area contributed by atoms with E-state index >= 15 is 0 Å². The van der Waals surface area contributed by atoms with E-state index in [4.69, 9.17) is 4.42 Å². The molecule has 1 aliphatic rings. The second-order valence-corrected chi connectivity index (χ2v) is 5.33. The summed E-state index contributed by atoms with van der Waals surface area (Å²) in [4.78, 5) is 2.52. The van der Waals surface area contributed by atoms with E-state index in [0.29, 0.717) is 0 Å². The van der Waals surface area contributed by atoms with Crippen molar-refractivity contribution in [1.29, 1.82) is 0 Å². The van der Waals surface area contributed by atoms with Crippen LogP contribution in [0.15, 0.2) is 16.5 Å². The van der Waals surface area contributed by atoms with Gasteiger partial charge in [0.1, 0.15) is 11.5 Å². The minimum Gasteiger partial charge on any atom is -0.465 e. The van der Waals surface area contributed by atoms with Gasteiger partial charge in [-0.05, 0) is 64.0 Å². The molecule has 1 aromatic heterocycles. The molecule has 2 heterocycles. The smallest absolute Gasteiger partial charge is 0.118 e. The SMILES string of the molecule is CCc1ccc(CN2CCC(CCNC)CC2)o1. The third-order valence-corrected chi connectivity index (χ3v) is 3.95. The summed E-state index contributed by atoms with van der Waals surface area (Å²) in [5.74, 6) is 3.14. The number of hydrogen-bond donors (Lipinski definition) is 1. The minimum atomic E-state index is 0.913. The largest absolute Gasteiger partial charge is 0.465 e. The number of nitrogens with one attached hydrogen (secondary N) is 1. The van der Waals surface area contributed by atoms with Crippen molar-refractivity contribution in [3.63, 3.8) is 0 Å². The minimum absolute atomic E-state index is 0.913. The maximum atomic E-state index is 5.78. The fourth-order valence-electron chi connectivity index (χ4n) is 2.70. The first kappa shape index (κ1) is 13.6. The molecule has 0 bridgehead atoms. The molecule has 18 heavy (non-hydrogen) atoms. The molecular formula is C15H26N2O. The van der Waals surface area contributed by atoms with Gasteiger partial charge < -0.3 is 9.73 Å². The van der Waals surface area contributed by atoms with E-state index in [1.807, 2.05) is 7.05 Å². The molecule has 1 saturated heterocycles. The van der Waals surface area contributed by atoms with Crippen LogP contribution < -0.4 is 5.32 Å².